The summed E-state index contributed by atoms with van der Waals surface area (Å²) in [5.41, 5.74) is 1.24. The van der Waals surface area contributed by atoms with Gasteiger partial charge in [0.15, 0.2) is 0 Å². The highest BCUT2D eigenvalue weighted by Gasteiger charge is 2.11. The average Bonchev–Trinajstić information content (AvgIpc) is 2.74. The van der Waals surface area contributed by atoms with Gasteiger partial charge in [0, 0.05) is 23.8 Å². The SMILES string of the molecule is Brc1cncc(N2CCCC2)c1.CC. The van der Waals surface area contributed by atoms with Crippen LogP contribution in [0.4, 0.5) is 5.69 Å². The first-order chi connectivity index (χ1) is 6.86. The second-order valence-corrected chi connectivity index (χ2v) is 3.97. The topological polar surface area (TPSA) is 16.1 Å². The summed E-state index contributed by atoms with van der Waals surface area (Å²) in [6, 6.07) is 2.12. The number of nitrogens with zero attached hydrogens (tertiary/aromatic N) is 2. The van der Waals surface area contributed by atoms with E-state index in [2.05, 4.69) is 31.9 Å². The van der Waals surface area contributed by atoms with Crippen molar-refractivity contribution in [2.24, 2.45) is 0 Å². The van der Waals surface area contributed by atoms with Gasteiger partial charge in [-0.2, -0.15) is 0 Å². The van der Waals surface area contributed by atoms with Gasteiger partial charge in [-0.25, -0.2) is 0 Å². The number of hydrogen-bond donors (Lipinski definition) is 0. The van der Waals surface area contributed by atoms with Crippen LogP contribution in [0.1, 0.15) is 26.7 Å². The Morgan fingerprint density at radius 3 is 2.43 bits per heavy atom. The van der Waals surface area contributed by atoms with Gasteiger partial charge in [0.05, 0.1) is 11.9 Å². The van der Waals surface area contributed by atoms with Crippen molar-refractivity contribution in [3.63, 3.8) is 0 Å². The van der Waals surface area contributed by atoms with E-state index in [-0.39, 0.29) is 0 Å². The molecular formula is C11H17BrN2. The minimum absolute atomic E-state index is 1.06. The molecule has 0 radical (unpaired) electrons. The number of halogens is 1. The first kappa shape index (κ1) is 11.5. The van der Waals surface area contributed by atoms with E-state index in [1.54, 1.807) is 0 Å². The van der Waals surface area contributed by atoms with Crippen LogP contribution in [0.3, 0.4) is 0 Å². The Hall–Kier alpha value is -0.570. The van der Waals surface area contributed by atoms with E-state index in [0.717, 1.165) is 4.47 Å². The Kier molecular flexibility index (Phi) is 4.94. The van der Waals surface area contributed by atoms with Crippen molar-refractivity contribution in [3.8, 4) is 0 Å². The van der Waals surface area contributed by atoms with Crippen LogP contribution in [-0.4, -0.2) is 18.1 Å². The summed E-state index contributed by atoms with van der Waals surface area (Å²) in [4.78, 5) is 6.51. The normalized spacial score (nSPS) is 14.9. The van der Waals surface area contributed by atoms with Crippen LogP contribution < -0.4 is 4.90 Å². The van der Waals surface area contributed by atoms with Crippen molar-refractivity contribution in [2.45, 2.75) is 26.7 Å². The predicted molar refractivity (Wildman–Crippen MR) is 64.7 cm³/mol. The molecule has 0 unspecified atom stereocenters. The molecule has 3 heteroatoms. The quantitative estimate of drug-likeness (QED) is 0.765. The van der Waals surface area contributed by atoms with Gasteiger partial charge in [-0.05, 0) is 34.8 Å². The molecule has 0 aliphatic carbocycles. The fourth-order valence-corrected chi connectivity index (χ4v) is 1.90. The van der Waals surface area contributed by atoms with Gasteiger partial charge in [0.2, 0.25) is 0 Å². The van der Waals surface area contributed by atoms with Crippen molar-refractivity contribution >= 4 is 21.6 Å². The average molecular weight is 257 g/mol. The molecule has 0 spiro atoms. The Labute approximate surface area is 94.5 Å². The van der Waals surface area contributed by atoms with Crippen molar-refractivity contribution in [2.75, 3.05) is 18.0 Å². The molecule has 2 rings (SSSR count). The van der Waals surface area contributed by atoms with Crippen molar-refractivity contribution in [1.82, 2.24) is 4.98 Å². The lowest BCUT2D eigenvalue weighted by atomic mass is 10.4. The Morgan fingerprint density at radius 2 is 1.86 bits per heavy atom. The Morgan fingerprint density at radius 1 is 1.21 bits per heavy atom. The minimum Gasteiger partial charge on any atom is -0.370 e. The highest BCUT2D eigenvalue weighted by molar-refractivity contribution is 9.10. The fraction of sp³-hybridized carbons (Fsp3) is 0.545. The van der Waals surface area contributed by atoms with Gasteiger partial charge >= 0.3 is 0 Å². The first-order valence-electron chi connectivity index (χ1n) is 5.22. The number of anilines is 1. The highest BCUT2D eigenvalue weighted by atomic mass is 79.9. The van der Waals surface area contributed by atoms with Crippen LogP contribution in [0.2, 0.25) is 0 Å². The molecule has 2 nitrogen and oxygen atoms in total. The Balaban J connectivity index is 0.000000461. The fourth-order valence-electron chi connectivity index (χ4n) is 1.55. The number of aromatic nitrogens is 1. The third-order valence-electron chi connectivity index (χ3n) is 2.16. The zero-order valence-corrected chi connectivity index (χ0v) is 10.4. The zero-order valence-electron chi connectivity index (χ0n) is 8.83. The maximum absolute atomic E-state index is 4.14. The van der Waals surface area contributed by atoms with Crippen molar-refractivity contribution in [1.29, 1.82) is 0 Å². The number of rotatable bonds is 1. The first-order valence-corrected chi connectivity index (χ1v) is 6.01. The van der Waals surface area contributed by atoms with E-state index in [9.17, 15) is 0 Å². The number of pyridine rings is 1. The smallest absolute Gasteiger partial charge is 0.0564 e. The molecule has 0 atom stereocenters. The standard InChI is InChI=1S/C9H11BrN2.C2H6/c10-8-5-9(7-11-6-8)12-3-1-2-4-12;1-2/h5-7H,1-4H2;1-2H3. The molecule has 1 aliphatic rings. The molecule has 1 fully saturated rings. The van der Waals surface area contributed by atoms with Gasteiger partial charge in [-0.1, -0.05) is 13.8 Å². The monoisotopic (exact) mass is 256 g/mol. The summed E-state index contributed by atoms with van der Waals surface area (Å²) < 4.78 is 1.06. The maximum Gasteiger partial charge on any atom is 0.0564 e. The molecule has 2 heterocycles. The van der Waals surface area contributed by atoms with E-state index in [1.165, 1.54) is 31.6 Å². The molecule has 78 valence electrons. The van der Waals surface area contributed by atoms with Crippen LogP contribution in [0.25, 0.3) is 0 Å². The third kappa shape index (κ3) is 2.98. The van der Waals surface area contributed by atoms with Crippen LogP contribution in [0.15, 0.2) is 22.9 Å². The largest absolute Gasteiger partial charge is 0.370 e. The minimum atomic E-state index is 1.06. The third-order valence-corrected chi connectivity index (χ3v) is 2.60. The van der Waals surface area contributed by atoms with Crippen LogP contribution >= 0.6 is 15.9 Å². The van der Waals surface area contributed by atoms with Gasteiger partial charge in [0.25, 0.3) is 0 Å². The molecule has 1 aromatic heterocycles. The van der Waals surface area contributed by atoms with Gasteiger partial charge in [-0.3, -0.25) is 4.98 Å². The van der Waals surface area contributed by atoms with E-state index in [0.29, 0.717) is 0 Å². The molecule has 1 saturated heterocycles. The molecule has 0 bridgehead atoms. The van der Waals surface area contributed by atoms with Crippen molar-refractivity contribution in [3.05, 3.63) is 22.9 Å². The highest BCUT2D eigenvalue weighted by Crippen LogP contribution is 2.21. The van der Waals surface area contributed by atoms with Gasteiger partial charge < -0.3 is 4.90 Å². The number of hydrogen-bond acceptors (Lipinski definition) is 2. The summed E-state index contributed by atoms with van der Waals surface area (Å²) in [5.74, 6) is 0. The van der Waals surface area contributed by atoms with Crippen LogP contribution in [0.5, 0.6) is 0 Å². The summed E-state index contributed by atoms with van der Waals surface area (Å²) in [6.07, 6.45) is 6.37. The van der Waals surface area contributed by atoms with E-state index >= 15 is 0 Å². The molecule has 0 N–H and O–H groups in total. The second kappa shape index (κ2) is 6.02. The lowest BCUT2D eigenvalue weighted by Gasteiger charge is -2.16. The molecule has 0 aromatic carbocycles. The van der Waals surface area contributed by atoms with Crippen molar-refractivity contribution < 1.29 is 0 Å². The van der Waals surface area contributed by atoms with Gasteiger partial charge in [0.1, 0.15) is 0 Å². The zero-order chi connectivity index (χ0) is 10.4. The molecular weight excluding hydrogens is 240 g/mol. The lowest BCUT2D eigenvalue weighted by Crippen LogP contribution is -2.17. The maximum atomic E-state index is 4.14. The summed E-state index contributed by atoms with van der Waals surface area (Å²) in [6.45, 7) is 6.36. The summed E-state index contributed by atoms with van der Waals surface area (Å²) >= 11 is 3.42. The molecule has 0 amide bonds. The lowest BCUT2D eigenvalue weighted by molar-refractivity contribution is 0.949. The summed E-state index contributed by atoms with van der Waals surface area (Å²) in [7, 11) is 0. The summed E-state index contributed by atoms with van der Waals surface area (Å²) in [5, 5.41) is 0. The van der Waals surface area contributed by atoms with E-state index < -0.39 is 0 Å². The van der Waals surface area contributed by atoms with Crippen LogP contribution in [0, 0.1) is 0 Å². The Bertz CT molecular complexity index is 270. The molecule has 0 saturated carbocycles. The second-order valence-electron chi connectivity index (χ2n) is 3.06. The van der Waals surface area contributed by atoms with Gasteiger partial charge in [-0.15, -0.1) is 0 Å². The van der Waals surface area contributed by atoms with Crippen LogP contribution in [-0.2, 0) is 0 Å². The predicted octanol–water partition coefficient (Wildman–Crippen LogP) is 3.47. The molecule has 1 aromatic rings. The molecule has 1 aliphatic heterocycles. The van der Waals surface area contributed by atoms with E-state index in [4.69, 9.17) is 0 Å². The molecule has 14 heavy (non-hydrogen) atoms. The van der Waals surface area contributed by atoms with E-state index in [1.807, 2.05) is 26.2 Å².